The molecule has 0 atom stereocenters. The van der Waals surface area contributed by atoms with Gasteiger partial charge in [-0.1, -0.05) is 194 Å². The topological polar surface area (TPSA) is 62.5 Å². The van der Waals surface area contributed by atoms with Crippen LogP contribution in [0.2, 0.25) is 0 Å². The highest BCUT2D eigenvalue weighted by Gasteiger charge is 2.24. The average Bonchev–Trinajstić information content (AvgIpc) is 3.72. The van der Waals surface area contributed by atoms with Gasteiger partial charge in [0.2, 0.25) is 0 Å². The predicted octanol–water partition coefficient (Wildman–Crippen LogP) is 15.4. The van der Waals surface area contributed by atoms with Crippen LogP contribution >= 0.6 is 0 Å². The van der Waals surface area contributed by atoms with E-state index in [1.54, 1.807) is 0 Å². The highest BCUT2D eigenvalue weighted by atomic mass is 15.0. The van der Waals surface area contributed by atoms with E-state index in [1.807, 2.05) is 48.5 Å². The Kier molecular flexibility index (Phi) is 8.84. The molecule has 1 aliphatic rings. The second-order valence-corrected chi connectivity index (χ2v) is 16.2. The summed E-state index contributed by atoms with van der Waals surface area (Å²) in [6, 6.07) is 78.7. The molecule has 4 heteroatoms. The highest BCUT2D eigenvalue weighted by molar-refractivity contribution is 6.19. The van der Waals surface area contributed by atoms with Crippen LogP contribution in [0.3, 0.4) is 0 Å². The van der Waals surface area contributed by atoms with Crippen molar-refractivity contribution in [2.45, 2.75) is 0 Å². The van der Waals surface area contributed by atoms with E-state index in [0.717, 1.165) is 66.4 Å². The van der Waals surface area contributed by atoms with Crippen molar-refractivity contribution in [3.8, 4) is 107 Å². The van der Waals surface area contributed by atoms with E-state index in [-0.39, 0.29) is 0 Å². The summed E-state index contributed by atoms with van der Waals surface area (Å²) in [6.45, 7) is 0. The lowest BCUT2D eigenvalue weighted by Crippen LogP contribution is -2.01. The molecule has 11 aromatic rings. The minimum Gasteiger partial charge on any atom is -0.208 e. The number of nitriles is 1. The van der Waals surface area contributed by atoms with Gasteiger partial charge in [-0.2, -0.15) is 5.26 Å². The predicted molar refractivity (Wildman–Crippen MR) is 262 cm³/mol. The first-order valence-electron chi connectivity index (χ1n) is 21.5. The van der Waals surface area contributed by atoms with Crippen molar-refractivity contribution in [1.29, 1.82) is 5.26 Å². The van der Waals surface area contributed by atoms with Crippen molar-refractivity contribution < 1.29 is 0 Å². The van der Waals surface area contributed by atoms with E-state index in [9.17, 15) is 5.26 Å². The molecular formula is C60H36N4. The Morgan fingerprint density at radius 3 is 1.64 bits per heavy atom. The zero-order valence-corrected chi connectivity index (χ0v) is 34.6. The van der Waals surface area contributed by atoms with Gasteiger partial charge in [-0.05, 0) is 107 Å². The van der Waals surface area contributed by atoms with E-state index >= 15 is 0 Å². The molecule has 1 heterocycles. The van der Waals surface area contributed by atoms with Crippen LogP contribution < -0.4 is 0 Å². The quantitative estimate of drug-likeness (QED) is 0.161. The molecule has 4 nitrogen and oxygen atoms in total. The van der Waals surface area contributed by atoms with E-state index in [4.69, 9.17) is 15.0 Å². The summed E-state index contributed by atoms with van der Waals surface area (Å²) in [4.78, 5) is 15.3. The summed E-state index contributed by atoms with van der Waals surface area (Å²) in [5, 5.41) is 15.2. The van der Waals surface area contributed by atoms with Crippen LogP contribution in [-0.4, -0.2) is 15.0 Å². The van der Waals surface area contributed by atoms with Crippen LogP contribution in [0.15, 0.2) is 218 Å². The Labute approximate surface area is 371 Å². The number of rotatable bonds is 7. The molecule has 12 rings (SSSR count). The average molecular weight is 813 g/mol. The molecule has 296 valence electrons. The first-order valence-corrected chi connectivity index (χ1v) is 21.5. The minimum atomic E-state index is 0.601. The highest BCUT2D eigenvalue weighted by Crippen LogP contribution is 2.51. The molecule has 1 aliphatic carbocycles. The molecule has 0 N–H and O–H groups in total. The van der Waals surface area contributed by atoms with Crippen LogP contribution in [0.1, 0.15) is 5.56 Å². The van der Waals surface area contributed by atoms with Crippen molar-refractivity contribution >= 4 is 21.5 Å². The van der Waals surface area contributed by atoms with Crippen molar-refractivity contribution in [2.24, 2.45) is 0 Å². The van der Waals surface area contributed by atoms with Crippen molar-refractivity contribution in [3.63, 3.8) is 0 Å². The summed E-state index contributed by atoms with van der Waals surface area (Å²) in [6.07, 6.45) is 0. The van der Waals surface area contributed by atoms with E-state index in [1.165, 1.54) is 38.6 Å². The lowest BCUT2D eigenvalue weighted by atomic mass is 9.90. The molecule has 0 amide bonds. The minimum absolute atomic E-state index is 0.601. The van der Waals surface area contributed by atoms with Crippen LogP contribution in [-0.2, 0) is 0 Å². The number of aromatic nitrogens is 3. The van der Waals surface area contributed by atoms with Gasteiger partial charge in [-0.3, -0.25) is 0 Å². The maximum absolute atomic E-state index is 10.3. The van der Waals surface area contributed by atoms with Gasteiger partial charge in [-0.15, -0.1) is 0 Å². The Bertz CT molecular complexity index is 3680. The molecule has 0 spiro atoms. The number of nitrogens with zero attached hydrogens (tertiary/aromatic N) is 4. The van der Waals surface area contributed by atoms with Gasteiger partial charge in [0.1, 0.15) is 0 Å². The number of fused-ring (bicyclic) bond motifs is 4. The fraction of sp³-hybridized carbons (Fsp3) is 0. The third-order valence-electron chi connectivity index (χ3n) is 12.5. The molecular weight excluding hydrogens is 777 g/mol. The molecule has 64 heavy (non-hydrogen) atoms. The molecule has 0 radical (unpaired) electrons. The lowest BCUT2D eigenvalue weighted by molar-refractivity contribution is 1.07. The third kappa shape index (κ3) is 6.35. The summed E-state index contributed by atoms with van der Waals surface area (Å²) in [7, 11) is 0. The number of hydrogen-bond donors (Lipinski definition) is 0. The fourth-order valence-electron chi connectivity index (χ4n) is 9.42. The molecule has 0 fully saturated rings. The second-order valence-electron chi connectivity index (χ2n) is 16.2. The van der Waals surface area contributed by atoms with Crippen LogP contribution in [0.5, 0.6) is 0 Å². The van der Waals surface area contributed by atoms with Crippen LogP contribution in [0, 0.1) is 11.3 Å². The first-order chi connectivity index (χ1) is 31.7. The summed E-state index contributed by atoms with van der Waals surface area (Å²) in [5.41, 5.74) is 16.9. The van der Waals surface area contributed by atoms with Crippen LogP contribution in [0.4, 0.5) is 0 Å². The van der Waals surface area contributed by atoms with Crippen molar-refractivity contribution in [1.82, 2.24) is 15.0 Å². The molecule has 0 unspecified atom stereocenters. The van der Waals surface area contributed by atoms with Gasteiger partial charge in [0, 0.05) is 22.3 Å². The lowest BCUT2D eigenvalue weighted by Gasteiger charge is -2.14. The monoisotopic (exact) mass is 812 g/mol. The maximum Gasteiger partial charge on any atom is 0.164 e. The number of benzene rings is 10. The number of hydrogen-bond acceptors (Lipinski definition) is 4. The zero-order chi connectivity index (χ0) is 42.6. The van der Waals surface area contributed by atoms with Crippen molar-refractivity contribution in [2.75, 3.05) is 0 Å². The summed E-state index contributed by atoms with van der Waals surface area (Å²) in [5.74, 6) is 1.84. The van der Waals surface area contributed by atoms with Gasteiger partial charge in [0.05, 0.1) is 11.6 Å². The van der Waals surface area contributed by atoms with E-state index in [2.05, 4.69) is 176 Å². The molecule has 0 saturated carbocycles. The summed E-state index contributed by atoms with van der Waals surface area (Å²) >= 11 is 0. The van der Waals surface area contributed by atoms with E-state index in [0.29, 0.717) is 23.0 Å². The normalized spacial score (nSPS) is 11.4. The fourth-order valence-corrected chi connectivity index (χ4v) is 9.42. The molecule has 10 aromatic carbocycles. The van der Waals surface area contributed by atoms with Gasteiger partial charge >= 0.3 is 0 Å². The third-order valence-corrected chi connectivity index (χ3v) is 12.5. The molecule has 0 aliphatic heterocycles. The Hall–Kier alpha value is -8.78. The summed E-state index contributed by atoms with van der Waals surface area (Å²) < 4.78 is 0. The van der Waals surface area contributed by atoms with Crippen molar-refractivity contribution in [3.05, 3.63) is 224 Å². The van der Waals surface area contributed by atoms with E-state index < -0.39 is 0 Å². The van der Waals surface area contributed by atoms with Gasteiger partial charge in [0.25, 0.3) is 0 Å². The zero-order valence-electron chi connectivity index (χ0n) is 34.6. The maximum atomic E-state index is 10.3. The Morgan fingerprint density at radius 2 is 0.828 bits per heavy atom. The Morgan fingerprint density at radius 1 is 0.281 bits per heavy atom. The largest absolute Gasteiger partial charge is 0.208 e. The molecule has 1 aromatic heterocycles. The SMILES string of the molecule is N#Cc1ccc(-c2cccc(-c3ccccc3-c3nc(-c4ccccc4)nc(-c4ccc5ccccc5c4)n3)c2)cc1-c1ccc(-c2ccc3cccc4c3c2-c2ccccc2-4)cc1. The molecule has 0 saturated heterocycles. The molecule has 0 bridgehead atoms. The first kappa shape index (κ1) is 37.0. The smallest absolute Gasteiger partial charge is 0.164 e. The second kappa shape index (κ2) is 15.3. The van der Waals surface area contributed by atoms with Gasteiger partial charge in [0.15, 0.2) is 17.5 Å². The standard InChI is InChI=1S/C60H36N4/c61-37-48-31-29-45(36-55(48)40-27-25-39(26-28-40)50-33-32-41-16-11-23-52-51-20-7-8-21-53(51)57(50)56(41)52)44-17-10-18-46(34-44)49-19-6-9-22-54(49)60-63-58(42-13-2-1-3-14-42)62-59(64-60)47-30-24-38-12-4-5-15-43(38)35-47/h1-36H. The Balaban J connectivity index is 0.914. The van der Waals surface area contributed by atoms with Gasteiger partial charge < -0.3 is 0 Å². The van der Waals surface area contributed by atoms with Crippen LogP contribution in [0.25, 0.3) is 122 Å². The van der Waals surface area contributed by atoms with Gasteiger partial charge in [-0.25, -0.2) is 15.0 Å².